The molecule has 0 aliphatic carbocycles. The largest absolute Gasteiger partial charge is 0.478 e. The summed E-state index contributed by atoms with van der Waals surface area (Å²) in [4.78, 5) is 15.6. The molecule has 0 unspecified atom stereocenters. The molecule has 1 aliphatic rings. The quantitative estimate of drug-likeness (QED) is 0.913. The topological polar surface area (TPSA) is 89.3 Å². The summed E-state index contributed by atoms with van der Waals surface area (Å²) in [6, 6.07) is 4.90. The lowest BCUT2D eigenvalue weighted by Gasteiger charge is -2.25. The number of carbonyl (C=O) groups is 1. The van der Waals surface area contributed by atoms with E-state index in [1.165, 1.54) is 6.07 Å². The third-order valence-electron chi connectivity index (χ3n) is 4.00. The average molecular weight is 308 g/mol. The Kier molecular flexibility index (Phi) is 3.24. The fourth-order valence-electron chi connectivity index (χ4n) is 2.94. The van der Waals surface area contributed by atoms with Gasteiger partial charge in [-0.25, -0.2) is 18.2 Å². The summed E-state index contributed by atoms with van der Waals surface area (Å²) in [6.45, 7) is 1.86. The van der Waals surface area contributed by atoms with Crippen molar-refractivity contribution in [1.82, 2.24) is 9.55 Å². The van der Waals surface area contributed by atoms with Gasteiger partial charge in [0, 0.05) is 6.04 Å². The van der Waals surface area contributed by atoms with E-state index < -0.39 is 15.8 Å². The zero-order chi connectivity index (χ0) is 15.2. The monoisotopic (exact) mass is 308 g/mol. The SMILES string of the molecule is Cc1nc2ccc(C(=O)O)cc2n1C1CCS(=O)(=O)CC1. The van der Waals surface area contributed by atoms with E-state index in [1.54, 1.807) is 12.1 Å². The number of carboxylic acids is 1. The second-order valence-corrected chi connectivity index (χ2v) is 7.72. The number of sulfone groups is 1. The van der Waals surface area contributed by atoms with Gasteiger partial charge in [0.2, 0.25) is 0 Å². The van der Waals surface area contributed by atoms with E-state index in [0.29, 0.717) is 12.8 Å². The first-order chi connectivity index (χ1) is 9.87. The van der Waals surface area contributed by atoms with Crippen molar-refractivity contribution < 1.29 is 18.3 Å². The van der Waals surface area contributed by atoms with Gasteiger partial charge in [-0.05, 0) is 38.0 Å². The van der Waals surface area contributed by atoms with Crippen LogP contribution in [0.2, 0.25) is 0 Å². The molecule has 1 fully saturated rings. The van der Waals surface area contributed by atoms with Crippen LogP contribution in [-0.2, 0) is 9.84 Å². The number of fused-ring (bicyclic) bond motifs is 1. The van der Waals surface area contributed by atoms with Gasteiger partial charge in [-0.15, -0.1) is 0 Å². The molecule has 6 nitrogen and oxygen atoms in total. The molecule has 112 valence electrons. The third-order valence-corrected chi connectivity index (χ3v) is 5.72. The van der Waals surface area contributed by atoms with Gasteiger partial charge < -0.3 is 9.67 Å². The Balaban J connectivity index is 2.07. The van der Waals surface area contributed by atoms with Gasteiger partial charge in [-0.1, -0.05) is 0 Å². The van der Waals surface area contributed by atoms with Crippen LogP contribution in [0.4, 0.5) is 0 Å². The highest BCUT2D eigenvalue weighted by molar-refractivity contribution is 7.91. The van der Waals surface area contributed by atoms with E-state index in [9.17, 15) is 13.2 Å². The summed E-state index contributed by atoms with van der Waals surface area (Å²) in [7, 11) is -2.92. The highest BCUT2D eigenvalue weighted by Crippen LogP contribution is 2.29. The number of aryl methyl sites for hydroxylation is 1. The van der Waals surface area contributed by atoms with Gasteiger partial charge in [-0.2, -0.15) is 0 Å². The Morgan fingerprint density at radius 1 is 1.33 bits per heavy atom. The van der Waals surface area contributed by atoms with Crippen LogP contribution in [0, 0.1) is 6.92 Å². The minimum Gasteiger partial charge on any atom is -0.478 e. The highest BCUT2D eigenvalue weighted by Gasteiger charge is 2.27. The fourth-order valence-corrected chi connectivity index (χ4v) is 4.41. The zero-order valence-electron chi connectivity index (χ0n) is 11.6. The third kappa shape index (κ3) is 2.53. The van der Waals surface area contributed by atoms with Crippen LogP contribution in [0.3, 0.4) is 0 Å². The van der Waals surface area contributed by atoms with E-state index in [-0.39, 0.29) is 23.1 Å². The predicted molar refractivity (Wildman–Crippen MR) is 78.4 cm³/mol. The first kappa shape index (κ1) is 14.1. The second kappa shape index (κ2) is 4.84. The van der Waals surface area contributed by atoms with Gasteiger partial charge in [-0.3, -0.25) is 0 Å². The molecule has 1 aromatic carbocycles. The van der Waals surface area contributed by atoms with Crippen molar-refractivity contribution in [3.05, 3.63) is 29.6 Å². The molecule has 7 heteroatoms. The zero-order valence-corrected chi connectivity index (χ0v) is 12.4. The van der Waals surface area contributed by atoms with Crippen molar-refractivity contribution >= 4 is 26.8 Å². The summed E-state index contributed by atoms with van der Waals surface area (Å²) < 4.78 is 25.1. The molecule has 0 bridgehead atoms. The van der Waals surface area contributed by atoms with Crippen LogP contribution in [0.15, 0.2) is 18.2 Å². The minimum atomic E-state index is -2.92. The highest BCUT2D eigenvalue weighted by atomic mass is 32.2. The molecular formula is C14H16N2O4S. The molecule has 0 saturated carbocycles. The maximum absolute atomic E-state index is 11.6. The Labute approximate surface area is 122 Å². The van der Waals surface area contributed by atoms with Crippen LogP contribution in [0.25, 0.3) is 11.0 Å². The molecule has 0 radical (unpaired) electrons. The summed E-state index contributed by atoms with van der Waals surface area (Å²) in [5.74, 6) is 0.163. The van der Waals surface area contributed by atoms with E-state index >= 15 is 0 Å². The second-order valence-electron chi connectivity index (χ2n) is 5.42. The van der Waals surface area contributed by atoms with Crippen LogP contribution in [-0.4, -0.2) is 40.6 Å². The summed E-state index contributed by atoms with van der Waals surface area (Å²) >= 11 is 0. The molecule has 1 saturated heterocycles. The van der Waals surface area contributed by atoms with Crippen LogP contribution >= 0.6 is 0 Å². The lowest BCUT2D eigenvalue weighted by molar-refractivity contribution is 0.0697. The summed E-state index contributed by atoms with van der Waals surface area (Å²) in [5, 5.41) is 9.11. The fraction of sp³-hybridized carbons (Fsp3) is 0.429. The molecular weight excluding hydrogens is 292 g/mol. The smallest absolute Gasteiger partial charge is 0.335 e. The van der Waals surface area contributed by atoms with Crippen molar-refractivity contribution in [1.29, 1.82) is 0 Å². The lowest BCUT2D eigenvalue weighted by Crippen LogP contribution is -2.26. The first-order valence-electron chi connectivity index (χ1n) is 6.80. The molecule has 1 N–H and O–H groups in total. The van der Waals surface area contributed by atoms with Crippen LogP contribution < -0.4 is 0 Å². The normalized spacial score (nSPS) is 18.9. The number of aromatic carboxylic acids is 1. The standard InChI is InChI=1S/C14H16N2O4S/c1-9-15-12-3-2-10(14(17)18)8-13(12)16(9)11-4-6-21(19,20)7-5-11/h2-3,8,11H,4-7H2,1H3,(H,17,18). The van der Waals surface area contributed by atoms with Crippen molar-refractivity contribution in [2.45, 2.75) is 25.8 Å². The van der Waals surface area contributed by atoms with Gasteiger partial charge in [0.05, 0.1) is 28.1 Å². The molecule has 0 amide bonds. The van der Waals surface area contributed by atoms with Crippen molar-refractivity contribution in [3.63, 3.8) is 0 Å². The minimum absolute atomic E-state index is 0.0579. The molecule has 2 aromatic rings. The number of carboxylic acid groups (broad SMARTS) is 1. The molecule has 1 aliphatic heterocycles. The molecule has 2 heterocycles. The molecule has 3 rings (SSSR count). The summed E-state index contributed by atoms with van der Waals surface area (Å²) in [5.41, 5.74) is 1.72. The van der Waals surface area contributed by atoms with Gasteiger partial charge in [0.25, 0.3) is 0 Å². The van der Waals surface area contributed by atoms with E-state index in [4.69, 9.17) is 5.11 Å². The number of aromatic nitrogens is 2. The summed E-state index contributed by atoms with van der Waals surface area (Å²) in [6.07, 6.45) is 1.10. The Hall–Kier alpha value is -1.89. The number of hydrogen-bond donors (Lipinski definition) is 1. The number of nitrogens with zero attached hydrogens (tertiary/aromatic N) is 2. The van der Waals surface area contributed by atoms with Crippen molar-refractivity contribution in [2.75, 3.05) is 11.5 Å². The van der Waals surface area contributed by atoms with E-state index in [2.05, 4.69) is 4.98 Å². The Morgan fingerprint density at radius 3 is 2.62 bits per heavy atom. The maximum Gasteiger partial charge on any atom is 0.335 e. The van der Waals surface area contributed by atoms with Gasteiger partial charge >= 0.3 is 5.97 Å². The van der Waals surface area contributed by atoms with Gasteiger partial charge in [0.15, 0.2) is 0 Å². The Morgan fingerprint density at radius 2 is 2.00 bits per heavy atom. The van der Waals surface area contributed by atoms with Gasteiger partial charge in [0.1, 0.15) is 15.7 Å². The first-order valence-corrected chi connectivity index (χ1v) is 8.62. The lowest BCUT2D eigenvalue weighted by atomic mass is 10.1. The van der Waals surface area contributed by atoms with E-state index in [0.717, 1.165) is 16.9 Å². The molecule has 21 heavy (non-hydrogen) atoms. The van der Waals surface area contributed by atoms with Crippen molar-refractivity contribution in [3.8, 4) is 0 Å². The molecule has 1 aromatic heterocycles. The number of benzene rings is 1. The Bertz CT molecular complexity index is 809. The molecule has 0 spiro atoms. The van der Waals surface area contributed by atoms with Crippen LogP contribution in [0.1, 0.15) is 35.1 Å². The number of rotatable bonds is 2. The maximum atomic E-state index is 11.6. The van der Waals surface area contributed by atoms with Crippen LogP contribution in [0.5, 0.6) is 0 Å². The van der Waals surface area contributed by atoms with E-state index in [1.807, 2.05) is 11.5 Å². The average Bonchev–Trinajstić information content (AvgIpc) is 2.74. The number of imidazole rings is 1. The van der Waals surface area contributed by atoms with Crippen molar-refractivity contribution in [2.24, 2.45) is 0 Å². The molecule has 0 atom stereocenters. The number of hydrogen-bond acceptors (Lipinski definition) is 4. The predicted octanol–water partition coefficient (Wildman–Crippen LogP) is 1.79.